The van der Waals surface area contributed by atoms with Gasteiger partial charge in [-0.1, -0.05) is 18.6 Å². The van der Waals surface area contributed by atoms with Gasteiger partial charge in [-0.25, -0.2) is 8.91 Å². The highest BCUT2D eigenvalue weighted by Crippen LogP contribution is 2.30. The van der Waals surface area contributed by atoms with Crippen LogP contribution in [0, 0.1) is 5.82 Å². The number of allylic oxidation sites excluding steroid dienone is 1. The molecule has 3 aromatic rings. The quantitative estimate of drug-likeness (QED) is 0.738. The van der Waals surface area contributed by atoms with Crippen molar-refractivity contribution in [3.05, 3.63) is 53.7 Å². The molecule has 0 saturated heterocycles. The Morgan fingerprint density at radius 2 is 2.22 bits per heavy atom. The van der Waals surface area contributed by atoms with Gasteiger partial charge in [0.2, 0.25) is 5.88 Å². The zero-order chi connectivity index (χ0) is 16.4. The maximum absolute atomic E-state index is 14.0. The van der Waals surface area contributed by atoms with Crippen molar-refractivity contribution in [2.24, 2.45) is 0 Å². The normalized spacial score (nSPS) is 11.9. The first kappa shape index (κ1) is 15.0. The monoisotopic (exact) mass is 312 g/mol. The predicted molar refractivity (Wildman–Crippen MR) is 87.8 cm³/mol. The van der Waals surface area contributed by atoms with Gasteiger partial charge in [-0.15, -0.1) is 0 Å². The Balaban J connectivity index is 2.08. The van der Waals surface area contributed by atoms with Crippen LogP contribution in [-0.2, 0) is 0 Å². The lowest BCUT2D eigenvalue weighted by Crippen LogP contribution is -1.98. The summed E-state index contributed by atoms with van der Waals surface area (Å²) in [4.78, 5) is 4.15. The topological polar surface area (TPSA) is 65.4 Å². The van der Waals surface area contributed by atoms with Gasteiger partial charge in [0, 0.05) is 23.5 Å². The largest absolute Gasteiger partial charge is 0.434 e. The van der Waals surface area contributed by atoms with Crippen LogP contribution < -0.4 is 10.5 Å². The number of anilines is 1. The molecule has 1 aromatic carbocycles. The maximum atomic E-state index is 14.0. The number of benzene rings is 1. The number of aromatic nitrogens is 3. The molecule has 0 unspecified atom stereocenters. The Kier molecular flexibility index (Phi) is 3.97. The third-order valence-corrected chi connectivity index (χ3v) is 3.57. The van der Waals surface area contributed by atoms with Crippen LogP contribution in [-0.4, -0.2) is 14.6 Å². The van der Waals surface area contributed by atoms with E-state index in [2.05, 4.69) is 17.0 Å². The van der Waals surface area contributed by atoms with Gasteiger partial charge in [-0.05, 0) is 31.5 Å². The summed E-state index contributed by atoms with van der Waals surface area (Å²) < 4.78 is 21.3. The number of hydrogen-bond donors (Lipinski definition) is 1. The Morgan fingerprint density at radius 3 is 2.96 bits per heavy atom. The molecule has 2 aromatic heterocycles. The molecule has 0 aliphatic carbocycles. The highest BCUT2D eigenvalue weighted by atomic mass is 19.1. The predicted octanol–water partition coefficient (Wildman–Crippen LogP) is 4.06. The number of nitrogens with zero attached hydrogens (tertiary/aromatic N) is 3. The second kappa shape index (κ2) is 6.08. The molecule has 3 rings (SSSR count). The van der Waals surface area contributed by atoms with Gasteiger partial charge < -0.3 is 10.5 Å². The number of hydrogen-bond acceptors (Lipinski definition) is 4. The number of ether oxygens (including phenoxy) is 1. The molecule has 0 saturated carbocycles. The van der Waals surface area contributed by atoms with Crippen LogP contribution in [0.25, 0.3) is 11.6 Å². The van der Waals surface area contributed by atoms with Crippen molar-refractivity contribution < 1.29 is 9.13 Å². The number of rotatable bonds is 4. The third-order valence-electron chi connectivity index (χ3n) is 3.57. The van der Waals surface area contributed by atoms with E-state index in [1.807, 2.05) is 25.3 Å². The summed E-state index contributed by atoms with van der Waals surface area (Å²) in [6, 6.07) is 6.21. The molecular formula is C17H17FN4O. The fourth-order valence-corrected chi connectivity index (χ4v) is 2.21. The standard InChI is InChI=1S/C17H17FN4O/c1-3-11(2)8-12-6-7-22-16(12)17(20-10-21-22)23-15-5-4-13(19)9-14(15)18/h4-10H,3,19H2,1-2H3/b11-8+. The molecule has 0 amide bonds. The van der Waals surface area contributed by atoms with E-state index in [1.165, 1.54) is 24.0 Å². The highest BCUT2D eigenvalue weighted by molar-refractivity contribution is 5.75. The fourth-order valence-electron chi connectivity index (χ4n) is 2.21. The van der Waals surface area contributed by atoms with Gasteiger partial charge >= 0.3 is 0 Å². The van der Waals surface area contributed by atoms with Crippen molar-refractivity contribution in [3.8, 4) is 11.6 Å². The lowest BCUT2D eigenvalue weighted by atomic mass is 10.1. The van der Waals surface area contributed by atoms with Gasteiger partial charge in [0.1, 0.15) is 11.8 Å². The van der Waals surface area contributed by atoms with E-state index >= 15 is 0 Å². The molecule has 0 spiro atoms. The number of halogens is 1. The van der Waals surface area contributed by atoms with Crippen molar-refractivity contribution in [2.45, 2.75) is 20.3 Å². The van der Waals surface area contributed by atoms with Crippen molar-refractivity contribution >= 4 is 17.3 Å². The molecule has 0 aliphatic rings. The van der Waals surface area contributed by atoms with E-state index in [0.29, 0.717) is 17.1 Å². The molecule has 2 N–H and O–H groups in total. The average Bonchev–Trinajstić information content (AvgIpc) is 2.94. The van der Waals surface area contributed by atoms with Crippen LogP contribution in [0.3, 0.4) is 0 Å². The van der Waals surface area contributed by atoms with Gasteiger partial charge in [0.15, 0.2) is 11.6 Å². The lowest BCUT2D eigenvalue weighted by Gasteiger charge is -2.08. The van der Waals surface area contributed by atoms with Crippen molar-refractivity contribution in [1.29, 1.82) is 0 Å². The molecular weight excluding hydrogens is 295 g/mol. The van der Waals surface area contributed by atoms with Crippen LogP contribution in [0.5, 0.6) is 11.6 Å². The molecule has 0 bridgehead atoms. The molecule has 118 valence electrons. The number of nitrogen functional groups attached to an aromatic ring is 1. The van der Waals surface area contributed by atoms with E-state index in [-0.39, 0.29) is 5.75 Å². The number of nitrogens with two attached hydrogens (primary N) is 1. The second-order valence-electron chi connectivity index (χ2n) is 5.27. The van der Waals surface area contributed by atoms with Crippen LogP contribution in [0.1, 0.15) is 25.8 Å². The molecule has 6 heteroatoms. The molecule has 0 fully saturated rings. The molecule has 5 nitrogen and oxygen atoms in total. The van der Waals surface area contributed by atoms with Crippen LogP contribution >= 0.6 is 0 Å². The summed E-state index contributed by atoms with van der Waals surface area (Å²) in [5, 5.41) is 4.16. The Morgan fingerprint density at radius 1 is 1.39 bits per heavy atom. The van der Waals surface area contributed by atoms with E-state index in [4.69, 9.17) is 10.5 Å². The van der Waals surface area contributed by atoms with Crippen molar-refractivity contribution in [2.75, 3.05) is 5.73 Å². The summed E-state index contributed by atoms with van der Waals surface area (Å²) in [6.07, 6.45) is 6.18. The smallest absolute Gasteiger partial charge is 0.247 e. The minimum atomic E-state index is -0.532. The van der Waals surface area contributed by atoms with E-state index < -0.39 is 5.82 Å². The minimum Gasteiger partial charge on any atom is -0.434 e. The Hall–Kier alpha value is -2.89. The summed E-state index contributed by atoms with van der Waals surface area (Å²) >= 11 is 0. The second-order valence-corrected chi connectivity index (χ2v) is 5.27. The molecule has 0 aliphatic heterocycles. The van der Waals surface area contributed by atoms with Gasteiger partial charge in [0.05, 0.1) is 0 Å². The first-order chi connectivity index (χ1) is 11.1. The first-order valence-electron chi connectivity index (χ1n) is 7.31. The summed E-state index contributed by atoms with van der Waals surface area (Å²) in [7, 11) is 0. The molecule has 23 heavy (non-hydrogen) atoms. The van der Waals surface area contributed by atoms with Crippen molar-refractivity contribution in [1.82, 2.24) is 14.6 Å². The summed E-state index contributed by atoms with van der Waals surface area (Å²) in [5.74, 6) is -0.165. The van der Waals surface area contributed by atoms with Gasteiger partial charge in [-0.2, -0.15) is 10.1 Å². The van der Waals surface area contributed by atoms with E-state index in [1.54, 1.807) is 10.6 Å². The molecule has 2 heterocycles. The highest BCUT2D eigenvalue weighted by Gasteiger charge is 2.13. The SMILES string of the molecule is CC/C(C)=C/c1ccn2ncnc(Oc3ccc(N)cc3F)c12. The number of fused-ring (bicyclic) bond motifs is 1. The van der Waals surface area contributed by atoms with Crippen LogP contribution in [0.15, 0.2) is 42.4 Å². The average molecular weight is 312 g/mol. The Labute approximate surface area is 133 Å². The zero-order valence-corrected chi connectivity index (χ0v) is 13.0. The van der Waals surface area contributed by atoms with Gasteiger partial charge in [-0.3, -0.25) is 0 Å². The molecule has 0 radical (unpaired) electrons. The zero-order valence-electron chi connectivity index (χ0n) is 13.0. The Bertz CT molecular complexity index is 885. The van der Waals surface area contributed by atoms with Gasteiger partial charge in [0.25, 0.3) is 0 Å². The van der Waals surface area contributed by atoms with Crippen LogP contribution in [0.4, 0.5) is 10.1 Å². The van der Waals surface area contributed by atoms with E-state index in [9.17, 15) is 4.39 Å². The molecule has 0 atom stereocenters. The lowest BCUT2D eigenvalue weighted by molar-refractivity contribution is 0.428. The first-order valence-corrected chi connectivity index (χ1v) is 7.31. The summed E-state index contributed by atoms with van der Waals surface area (Å²) in [5.41, 5.74) is 8.73. The van der Waals surface area contributed by atoms with Crippen LogP contribution in [0.2, 0.25) is 0 Å². The summed E-state index contributed by atoms with van der Waals surface area (Å²) in [6.45, 7) is 4.13. The third kappa shape index (κ3) is 3.01. The van der Waals surface area contributed by atoms with Crippen molar-refractivity contribution in [3.63, 3.8) is 0 Å². The minimum absolute atomic E-state index is 0.0724. The maximum Gasteiger partial charge on any atom is 0.247 e. The fraction of sp³-hybridized carbons (Fsp3) is 0.176. The van der Waals surface area contributed by atoms with E-state index in [0.717, 1.165) is 12.0 Å².